The number of aliphatic hydroxyl groups excluding tert-OH is 1. The Morgan fingerprint density at radius 1 is 1.38 bits per heavy atom. The minimum absolute atomic E-state index is 0.0303. The van der Waals surface area contributed by atoms with Crippen LogP contribution in [0.25, 0.3) is 0 Å². The molecule has 4 atom stereocenters. The van der Waals surface area contributed by atoms with Crippen molar-refractivity contribution in [3.8, 4) is 0 Å². The molecule has 2 N–H and O–H groups in total. The van der Waals surface area contributed by atoms with E-state index in [-0.39, 0.29) is 24.5 Å². The molecule has 0 aliphatic heterocycles. The molecule has 114 valence electrons. The lowest BCUT2D eigenvalue weighted by Gasteiger charge is -2.18. The van der Waals surface area contributed by atoms with E-state index in [1.54, 1.807) is 0 Å². The van der Waals surface area contributed by atoms with Crippen LogP contribution in [-0.2, 0) is 11.2 Å². The Morgan fingerprint density at radius 2 is 2.14 bits per heavy atom. The molecular weight excluding hydrogens is 262 g/mol. The fourth-order valence-corrected chi connectivity index (χ4v) is 3.97. The van der Waals surface area contributed by atoms with Crippen LogP contribution in [0.3, 0.4) is 0 Å². The van der Waals surface area contributed by atoms with Gasteiger partial charge in [0, 0.05) is 5.92 Å². The van der Waals surface area contributed by atoms with Crippen molar-refractivity contribution in [1.82, 2.24) is 5.32 Å². The number of fused-ring (bicyclic) bond motifs is 3. The van der Waals surface area contributed by atoms with Crippen molar-refractivity contribution in [3.05, 3.63) is 35.4 Å². The van der Waals surface area contributed by atoms with Gasteiger partial charge in [-0.05, 0) is 48.1 Å². The Bertz CT molecular complexity index is 526. The van der Waals surface area contributed by atoms with Gasteiger partial charge in [0.2, 0.25) is 5.91 Å². The second-order valence-corrected chi connectivity index (χ2v) is 6.97. The highest BCUT2D eigenvalue weighted by molar-refractivity contribution is 5.84. The number of aryl methyl sites for hydroxylation is 1. The van der Waals surface area contributed by atoms with Crippen molar-refractivity contribution in [1.29, 1.82) is 0 Å². The lowest BCUT2D eigenvalue weighted by atomic mass is 9.92. The molecule has 0 aromatic heterocycles. The third-order valence-electron chi connectivity index (χ3n) is 4.96. The van der Waals surface area contributed by atoms with E-state index in [0.29, 0.717) is 17.8 Å². The maximum Gasteiger partial charge on any atom is 0.224 e. The predicted molar refractivity (Wildman–Crippen MR) is 83.0 cm³/mol. The number of carbonyl (C=O) groups excluding carboxylic acids is 1. The minimum atomic E-state index is -0.101. The largest absolute Gasteiger partial charge is 0.394 e. The van der Waals surface area contributed by atoms with Gasteiger partial charge in [0.25, 0.3) is 0 Å². The quantitative estimate of drug-likeness (QED) is 0.874. The second-order valence-electron chi connectivity index (χ2n) is 6.97. The topological polar surface area (TPSA) is 49.3 Å². The van der Waals surface area contributed by atoms with Crippen molar-refractivity contribution in [2.24, 2.45) is 17.8 Å². The highest BCUT2D eigenvalue weighted by Gasteiger charge is 2.57. The van der Waals surface area contributed by atoms with E-state index in [0.717, 1.165) is 19.3 Å². The Kier molecular flexibility index (Phi) is 4.03. The monoisotopic (exact) mass is 287 g/mol. The summed E-state index contributed by atoms with van der Waals surface area (Å²) in [6, 6.07) is 8.42. The number of amides is 1. The van der Waals surface area contributed by atoms with Crippen LogP contribution in [0.15, 0.2) is 24.3 Å². The summed E-state index contributed by atoms with van der Waals surface area (Å²) in [5, 5.41) is 12.5. The van der Waals surface area contributed by atoms with Gasteiger partial charge in [0.05, 0.1) is 12.6 Å². The summed E-state index contributed by atoms with van der Waals surface area (Å²) < 4.78 is 0. The third-order valence-corrected chi connectivity index (χ3v) is 4.96. The molecule has 2 aliphatic rings. The molecule has 0 radical (unpaired) electrons. The first-order valence-electron chi connectivity index (χ1n) is 8.10. The third kappa shape index (κ3) is 2.84. The fraction of sp³-hybridized carbons (Fsp3) is 0.611. The number of benzene rings is 1. The number of hydrogen-bond donors (Lipinski definition) is 2. The Labute approximate surface area is 126 Å². The van der Waals surface area contributed by atoms with Crippen LogP contribution in [0.1, 0.15) is 43.7 Å². The van der Waals surface area contributed by atoms with Gasteiger partial charge >= 0.3 is 0 Å². The van der Waals surface area contributed by atoms with Crippen LogP contribution < -0.4 is 5.32 Å². The van der Waals surface area contributed by atoms with Gasteiger partial charge in [-0.3, -0.25) is 4.79 Å². The molecule has 1 aromatic carbocycles. The first-order valence-corrected chi connectivity index (χ1v) is 8.10. The fourth-order valence-electron chi connectivity index (χ4n) is 3.97. The van der Waals surface area contributed by atoms with Crippen molar-refractivity contribution in [2.45, 2.75) is 45.1 Å². The normalized spacial score (nSPS) is 27.7. The van der Waals surface area contributed by atoms with Gasteiger partial charge in [0.1, 0.15) is 0 Å². The zero-order valence-corrected chi connectivity index (χ0v) is 12.9. The zero-order valence-electron chi connectivity index (χ0n) is 12.9. The molecule has 1 fully saturated rings. The second kappa shape index (κ2) is 5.80. The van der Waals surface area contributed by atoms with Gasteiger partial charge in [0.15, 0.2) is 0 Å². The van der Waals surface area contributed by atoms with Crippen LogP contribution in [0.2, 0.25) is 0 Å². The molecule has 3 rings (SSSR count). The van der Waals surface area contributed by atoms with E-state index in [1.165, 1.54) is 11.1 Å². The smallest absolute Gasteiger partial charge is 0.224 e. The summed E-state index contributed by atoms with van der Waals surface area (Å²) in [6.07, 6.45) is 3.05. The molecule has 0 spiro atoms. The van der Waals surface area contributed by atoms with Crippen molar-refractivity contribution in [3.63, 3.8) is 0 Å². The number of rotatable bonds is 5. The molecule has 0 saturated heterocycles. The van der Waals surface area contributed by atoms with E-state index in [9.17, 15) is 9.90 Å². The summed E-state index contributed by atoms with van der Waals surface area (Å²) >= 11 is 0. The Balaban J connectivity index is 1.66. The molecule has 3 nitrogen and oxygen atoms in total. The highest BCUT2D eigenvalue weighted by Crippen LogP contribution is 2.59. The molecule has 4 unspecified atom stereocenters. The van der Waals surface area contributed by atoms with E-state index in [1.807, 2.05) is 0 Å². The standard InChI is InChI=1S/C18H25NO2/c1-11(2)9-13(10-20)19-18(21)17-15-8-7-12-5-3-4-6-14(12)16(15)17/h3-6,11,13,15-17,20H,7-10H2,1-2H3,(H,19,21). The molecule has 3 heteroatoms. The van der Waals surface area contributed by atoms with Crippen molar-refractivity contribution in [2.75, 3.05) is 6.61 Å². The van der Waals surface area contributed by atoms with Crippen molar-refractivity contribution >= 4 is 5.91 Å². The lowest BCUT2D eigenvalue weighted by Crippen LogP contribution is -2.39. The molecule has 21 heavy (non-hydrogen) atoms. The summed E-state index contributed by atoms with van der Waals surface area (Å²) in [7, 11) is 0. The van der Waals surface area contributed by atoms with Gasteiger partial charge in [-0.2, -0.15) is 0 Å². The van der Waals surface area contributed by atoms with E-state index in [4.69, 9.17) is 0 Å². The van der Waals surface area contributed by atoms with Crippen LogP contribution >= 0.6 is 0 Å². The molecule has 1 amide bonds. The predicted octanol–water partition coefficient (Wildman–Crippen LogP) is 2.49. The SMILES string of the molecule is CC(C)CC(CO)NC(=O)C1C2CCc3ccccc3C21. The van der Waals surface area contributed by atoms with Gasteiger partial charge in [-0.25, -0.2) is 0 Å². The molecule has 1 saturated carbocycles. The average Bonchev–Trinajstić information content (AvgIpc) is 3.21. The Hall–Kier alpha value is -1.35. The van der Waals surface area contributed by atoms with E-state index in [2.05, 4.69) is 43.4 Å². The molecule has 2 aliphatic carbocycles. The van der Waals surface area contributed by atoms with Crippen LogP contribution in [0, 0.1) is 17.8 Å². The number of nitrogens with one attached hydrogen (secondary N) is 1. The maximum atomic E-state index is 12.5. The van der Waals surface area contributed by atoms with Gasteiger partial charge < -0.3 is 10.4 Å². The first-order chi connectivity index (χ1) is 10.1. The highest BCUT2D eigenvalue weighted by atomic mass is 16.3. The maximum absolute atomic E-state index is 12.5. The summed E-state index contributed by atoms with van der Waals surface area (Å²) in [5.41, 5.74) is 2.79. The van der Waals surface area contributed by atoms with Crippen LogP contribution in [0.5, 0.6) is 0 Å². The molecule has 0 heterocycles. The lowest BCUT2D eigenvalue weighted by molar-refractivity contribution is -0.123. The van der Waals surface area contributed by atoms with Crippen LogP contribution in [0.4, 0.5) is 0 Å². The summed E-state index contributed by atoms with van der Waals surface area (Å²) in [5.74, 6) is 1.66. The Morgan fingerprint density at radius 3 is 2.86 bits per heavy atom. The zero-order chi connectivity index (χ0) is 15.0. The number of carbonyl (C=O) groups is 1. The van der Waals surface area contributed by atoms with Crippen LogP contribution in [-0.4, -0.2) is 23.7 Å². The summed E-state index contributed by atoms with van der Waals surface area (Å²) in [4.78, 5) is 12.5. The van der Waals surface area contributed by atoms with Gasteiger partial charge in [-0.1, -0.05) is 38.1 Å². The summed E-state index contributed by atoms with van der Waals surface area (Å²) in [6.45, 7) is 4.26. The molecular formula is C18H25NO2. The van der Waals surface area contributed by atoms with E-state index >= 15 is 0 Å². The average molecular weight is 287 g/mol. The van der Waals surface area contributed by atoms with Crippen molar-refractivity contribution < 1.29 is 9.90 Å². The first kappa shape index (κ1) is 14.6. The molecule has 1 aromatic rings. The van der Waals surface area contributed by atoms with Gasteiger partial charge in [-0.15, -0.1) is 0 Å². The number of hydrogen-bond acceptors (Lipinski definition) is 2. The van der Waals surface area contributed by atoms with E-state index < -0.39 is 0 Å². The minimum Gasteiger partial charge on any atom is -0.394 e. The molecule has 0 bridgehead atoms. The number of aliphatic hydroxyl groups is 1.